The summed E-state index contributed by atoms with van der Waals surface area (Å²) in [7, 11) is 0. The standard InChI is InChI=1S/C12H10Br2Cl2O/c13-7-3-10(15)8(11(16)4-7)5-9(14)12(17)6-1-2-6/h3-4,6,9H,1-2,5H2. The minimum Gasteiger partial charge on any atom is -0.298 e. The smallest absolute Gasteiger partial charge is 0.149 e. The molecule has 1 unspecified atom stereocenters. The van der Waals surface area contributed by atoms with Gasteiger partial charge in [-0.25, -0.2) is 0 Å². The predicted octanol–water partition coefficient (Wildman–Crippen LogP) is 5.04. The molecule has 5 heteroatoms. The van der Waals surface area contributed by atoms with Crippen molar-refractivity contribution in [3.63, 3.8) is 0 Å². The van der Waals surface area contributed by atoms with Crippen LogP contribution in [0.1, 0.15) is 18.4 Å². The lowest BCUT2D eigenvalue weighted by molar-refractivity contribution is -0.119. The van der Waals surface area contributed by atoms with Crippen LogP contribution in [0.4, 0.5) is 0 Å². The second kappa shape index (κ2) is 5.60. The molecule has 17 heavy (non-hydrogen) atoms. The fraction of sp³-hybridized carbons (Fsp3) is 0.417. The van der Waals surface area contributed by atoms with Crippen LogP contribution in [-0.2, 0) is 11.2 Å². The van der Waals surface area contributed by atoms with Gasteiger partial charge in [-0.3, -0.25) is 4.79 Å². The van der Waals surface area contributed by atoms with E-state index in [4.69, 9.17) is 23.2 Å². The summed E-state index contributed by atoms with van der Waals surface area (Å²) in [5, 5.41) is 1.19. The number of benzene rings is 1. The van der Waals surface area contributed by atoms with Gasteiger partial charge in [-0.05, 0) is 37.0 Å². The van der Waals surface area contributed by atoms with Crippen LogP contribution in [0.2, 0.25) is 10.0 Å². The Bertz CT molecular complexity index is 435. The first-order chi connectivity index (χ1) is 7.99. The van der Waals surface area contributed by atoms with E-state index in [0.29, 0.717) is 16.5 Å². The van der Waals surface area contributed by atoms with Crippen molar-refractivity contribution >= 4 is 60.8 Å². The van der Waals surface area contributed by atoms with E-state index >= 15 is 0 Å². The van der Waals surface area contributed by atoms with Crippen LogP contribution < -0.4 is 0 Å². The van der Waals surface area contributed by atoms with Crippen molar-refractivity contribution in [3.05, 3.63) is 32.2 Å². The summed E-state index contributed by atoms with van der Waals surface area (Å²) in [6.07, 6.45) is 2.58. The first-order valence-corrected chi connectivity index (χ1v) is 7.76. The number of carbonyl (C=O) groups is 1. The Labute approximate surface area is 127 Å². The molecular weight excluding hydrogens is 391 g/mol. The second-order valence-electron chi connectivity index (χ2n) is 4.20. The van der Waals surface area contributed by atoms with Gasteiger partial charge in [0, 0.05) is 20.4 Å². The molecule has 0 saturated heterocycles. The molecule has 2 rings (SSSR count). The van der Waals surface area contributed by atoms with Crippen molar-refractivity contribution in [1.29, 1.82) is 0 Å². The van der Waals surface area contributed by atoms with Crippen LogP contribution in [0.5, 0.6) is 0 Å². The number of hydrogen-bond acceptors (Lipinski definition) is 1. The van der Waals surface area contributed by atoms with Gasteiger partial charge in [0.05, 0.1) is 4.83 Å². The van der Waals surface area contributed by atoms with Gasteiger partial charge >= 0.3 is 0 Å². The van der Waals surface area contributed by atoms with Gasteiger partial charge in [0.1, 0.15) is 5.78 Å². The highest BCUT2D eigenvalue weighted by Gasteiger charge is 2.34. The lowest BCUT2D eigenvalue weighted by atomic mass is 10.1. The molecule has 0 aromatic heterocycles. The zero-order valence-electron chi connectivity index (χ0n) is 8.85. The summed E-state index contributed by atoms with van der Waals surface area (Å²) in [6.45, 7) is 0. The molecule has 1 saturated carbocycles. The first-order valence-electron chi connectivity index (χ1n) is 5.30. The summed E-state index contributed by atoms with van der Waals surface area (Å²) in [6, 6.07) is 3.59. The van der Waals surface area contributed by atoms with Crippen molar-refractivity contribution in [3.8, 4) is 0 Å². The zero-order chi connectivity index (χ0) is 12.6. The van der Waals surface area contributed by atoms with Crippen LogP contribution in [0.15, 0.2) is 16.6 Å². The maximum Gasteiger partial charge on any atom is 0.149 e. The number of alkyl halides is 1. The monoisotopic (exact) mass is 398 g/mol. The van der Waals surface area contributed by atoms with Crippen LogP contribution in [0, 0.1) is 5.92 Å². The van der Waals surface area contributed by atoms with Gasteiger partial charge in [0.15, 0.2) is 0 Å². The minimum atomic E-state index is -0.189. The Morgan fingerprint density at radius 2 is 1.88 bits per heavy atom. The molecule has 1 aliphatic rings. The van der Waals surface area contributed by atoms with E-state index < -0.39 is 0 Å². The fourth-order valence-corrected chi connectivity index (χ4v) is 3.73. The number of rotatable bonds is 4. The minimum absolute atomic E-state index is 0.189. The highest BCUT2D eigenvalue weighted by molar-refractivity contribution is 9.10. The molecule has 0 spiro atoms. The largest absolute Gasteiger partial charge is 0.298 e. The molecule has 0 radical (unpaired) electrons. The van der Waals surface area contributed by atoms with Crippen LogP contribution in [0.25, 0.3) is 0 Å². The van der Waals surface area contributed by atoms with Crippen molar-refractivity contribution in [1.82, 2.24) is 0 Å². The van der Waals surface area contributed by atoms with E-state index in [1.54, 1.807) is 12.1 Å². The molecule has 1 nitrogen and oxygen atoms in total. The van der Waals surface area contributed by atoms with E-state index in [1.807, 2.05) is 0 Å². The van der Waals surface area contributed by atoms with E-state index in [0.717, 1.165) is 22.9 Å². The lowest BCUT2D eigenvalue weighted by Crippen LogP contribution is -2.18. The third-order valence-corrected chi connectivity index (χ3v) is 4.68. The number of hydrogen-bond donors (Lipinski definition) is 0. The molecule has 0 aliphatic heterocycles. The normalized spacial score (nSPS) is 16.9. The maximum atomic E-state index is 11.9. The van der Waals surface area contributed by atoms with Crippen molar-refractivity contribution in [2.45, 2.75) is 24.1 Å². The molecular formula is C12H10Br2Cl2O. The van der Waals surface area contributed by atoms with Gasteiger partial charge in [0.2, 0.25) is 0 Å². The average molecular weight is 401 g/mol. The Balaban J connectivity index is 2.15. The fourth-order valence-electron chi connectivity index (χ4n) is 1.67. The van der Waals surface area contributed by atoms with Crippen LogP contribution in [0.3, 0.4) is 0 Å². The molecule has 1 aromatic rings. The van der Waals surface area contributed by atoms with Crippen LogP contribution in [-0.4, -0.2) is 10.6 Å². The zero-order valence-corrected chi connectivity index (χ0v) is 13.5. The number of ketones is 1. The number of halogens is 4. The van der Waals surface area contributed by atoms with Crippen molar-refractivity contribution < 1.29 is 4.79 Å². The summed E-state index contributed by atoms with van der Waals surface area (Å²) in [5.41, 5.74) is 0.826. The van der Waals surface area contributed by atoms with Crippen molar-refractivity contribution in [2.24, 2.45) is 5.92 Å². The van der Waals surface area contributed by atoms with E-state index in [9.17, 15) is 4.79 Å². The Kier molecular flexibility index (Phi) is 4.56. The number of Topliss-reactive ketones (excluding diaryl/α,β-unsaturated/α-hetero) is 1. The Morgan fingerprint density at radius 3 is 2.35 bits per heavy atom. The lowest BCUT2D eigenvalue weighted by Gasteiger charge is -2.12. The molecule has 0 heterocycles. The second-order valence-corrected chi connectivity index (χ2v) is 7.03. The van der Waals surface area contributed by atoms with Gasteiger partial charge in [-0.2, -0.15) is 0 Å². The molecule has 92 valence electrons. The Morgan fingerprint density at radius 1 is 1.35 bits per heavy atom. The summed E-state index contributed by atoms with van der Waals surface area (Å²) in [5.74, 6) is 0.507. The third-order valence-electron chi connectivity index (χ3n) is 2.78. The number of carbonyl (C=O) groups excluding carboxylic acids is 1. The topological polar surface area (TPSA) is 17.1 Å². The van der Waals surface area contributed by atoms with Gasteiger partial charge in [0.25, 0.3) is 0 Å². The first kappa shape index (κ1) is 13.9. The molecule has 1 aromatic carbocycles. The summed E-state index contributed by atoms with van der Waals surface area (Å²) >= 11 is 19.0. The Hall–Kier alpha value is 0.430. The molecule has 0 bridgehead atoms. The molecule has 1 atom stereocenters. The highest BCUT2D eigenvalue weighted by atomic mass is 79.9. The SMILES string of the molecule is O=C(C(Br)Cc1c(Cl)cc(Br)cc1Cl)C1CC1. The van der Waals surface area contributed by atoms with Crippen LogP contribution >= 0.6 is 55.1 Å². The van der Waals surface area contributed by atoms with Gasteiger partial charge in [-0.15, -0.1) is 0 Å². The van der Waals surface area contributed by atoms with E-state index in [1.165, 1.54) is 0 Å². The average Bonchev–Trinajstić information content (AvgIpc) is 3.05. The third kappa shape index (κ3) is 3.46. The van der Waals surface area contributed by atoms with Gasteiger partial charge in [-0.1, -0.05) is 55.1 Å². The van der Waals surface area contributed by atoms with E-state index in [2.05, 4.69) is 31.9 Å². The molecule has 0 amide bonds. The highest BCUT2D eigenvalue weighted by Crippen LogP contribution is 2.36. The molecule has 1 fully saturated rings. The summed E-state index contributed by atoms with van der Waals surface area (Å²) < 4.78 is 0.843. The molecule has 0 N–H and O–H groups in total. The van der Waals surface area contributed by atoms with Gasteiger partial charge < -0.3 is 0 Å². The summed E-state index contributed by atoms with van der Waals surface area (Å²) in [4.78, 5) is 11.7. The van der Waals surface area contributed by atoms with Crippen molar-refractivity contribution in [2.75, 3.05) is 0 Å². The van der Waals surface area contributed by atoms with E-state index in [-0.39, 0.29) is 16.5 Å². The predicted molar refractivity (Wildman–Crippen MR) is 78.3 cm³/mol. The quantitative estimate of drug-likeness (QED) is 0.647. The maximum absolute atomic E-state index is 11.9. The molecule has 1 aliphatic carbocycles.